The van der Waals surface area contributed by atoms with E-state index in [1.165, 1.54) is 6.07 Å². The normalized spacial score (nSPS) is 12.1. The van der Waals surface area contributed by atoms with E-state index < -0.39 is 27.3 Å². The number of halogens is 5. The van der Waals surface area contributed by atoms with Gasteiger partial charge in [0.05, 0.1) is 27.2 Å². The highest BCUT2D eigenvalue weighted by atomic mass is 35.5. The van der Waals surface area contributed by atoms with E-state index >= 15 is 0 Å². The predicted molar refractivity (Wildman–Crippen MR) is 78.1 cm³/mol. The highest BCUT2D eigenvalue weighted by Crippen LogP contribution is 2.43. The second-order valence-electron chi connectivity index (χ2n) is 5.06. The van der Waals surface area contributed by atoms with Gasteiger partial charge in [0.1, 0.15) is 5.54 Å². The number of nitrogens with one attached hydrogen (secondary N) is 1. The van der Waals surface area contributed by atoms with Gasteiger partial charge in [-0.1, -0.05) is 28.3 Å². The Kier molecular flexibility index (Phi) is 4.46. The molecular weight excluding hydrogens is 356 g/mol. The largest absolute Gasteiger partial charge is 0.419 e. The van der Waals surface area contributed by atoms with Gasteiger partial charge in [0, 0.05) is 0 Å². The van der Waals surface area contributed by atoms with Gasteiger partial charge >= 0.3 is 12.2 Å². The molecule has 0 radical (unpaired) electrons. The summed E-state index contributed by atoms with van der Waals surface area (Å²) in [5, 5.41) is 17.7. The number of anilines is 1. The Labute approximate surface area is 139 Å². The molecule has 1 N–H and O–H groups in total. The summed E-state index contributed by atoms with van der Waals surface area (Å²) in [6.45, 7) is 3.13. The average molecular weight is 365 g/mol. The van der Waals surface area contributed by atoms with Crippen LogP contribution in [0.3, 0.4) is 0 Å². The summed E-state index contributed by atoms with van der Waals surface area (Å²) in [6.07, 6.45) is -4.73. The number of hydrogen-bond donors (Lipinski definition) is 1. The third-order valence-electron chi connectivity index (χ3n) is 2.73. The maximum absolute atomic E-state index is 13.0. The van der Waals surface area contributed by atoms with E-state index in [1.54, 1.807) is 13.8 Å². The monoisotopic (exact) mass is 364 g/mol. The molecule has 0 aliphatic rings. The van der Waals surface area contributed by atoms with Crippen LogP contribution in [0.5, 0.6) is 0 Å². The standard InChI is InChI=1S/C13H9Cl2F3N4O/c1-12(2,5-19)20-11-22-21-10(23-11)6-3-4-7(14)8(9(6)15)13(16,17)18/h3-4H,1-2H3,(H,20,22). The number of rotatable bonds is 3. The van der Waals surface area contributed by atoms with E-state index in [2.05, 4.69) is 15.5 Å². The lowest BCUT2D eigenvalue weighted by Crippen LogP contribution is -2.28. The van der Waals surface area contributed by atoms with Gasteiger partial charge in [0.2, 0.25) is 0 Å². The van der Waals surface area contributed by atoms with E-state index in [0.717, 1.165) is 6.07 Å². The minimum absolute atomic E-state index is 0.112. The molecule has 0 saturated heterocycles. The quantitative estimate of drug-likeness (QED) is 0.848. The molecule has 0 atom stereocenters. The summed E-state index contributed by atoms with van der Waals surface area (Å²) in [4.78, 5) is 0. The van der Waals surface area contributed by atoms with Gasteiger partial charge in [-0.05, 0) is 26.0 Å². The Morgan fingerprint density at radius 2 is 1.87 bits per heavy atom. The molecule has 10 heteroatoms. The molecule has 0 amide bonds. The summed E-state index contributed by atoms with van der Waals surface area (Å²) >= 11 is 11.4. The van der Waals surface area contributed by atoms with Gasteiger partial charge in [-0.25, -0.2) is 0 Å². The zero-order chi connectivity index (χ0) is 17.4. The summed E-state index contributed by atoms with van der Waals surface area (Å²) in [6, 6.07) is 4.12. The van der Waals surface area contributed by atoms with Crippen molar-refractivity contribution in [3.63, 3.8) is 0 Å². The van der Waals surface area contributed by atoms with Crippen LogP contribution in [0.4, 0.5) is 19.2 Å². The van der Waals surface area contributed by atoms with Gasteiger partial charge in [-0.15, -0.1) is 5.10 Å². The first-order valence-corrected chi connectivity index (χ1v) is 6.89. The number of aromatic nitrogens is 2. The fraction of sp³-hybridized carbons (Fsp3) is 0.308. The molecule has 0 saturated carbocycles. The molecule has 1 aromatic carbocycles. The Bertz CT molecular complexity index is 781. The van der Waals surface area contributed by atoms with Crippen molar-refractivity contribution in [2.24, 2.45) is 0 Å². The SMILES string of the molecule is CC(C)(C#N)Nc1nnc(-c2ccc(Cl)c(C(F)(F)F)c2Cl)o1. The van der Waals surface area contributed by atoms with E-state index in [-0.39, 0.29) is 17.5 Å². The molecule has 122 valence electrons. The third kappa shape index (κ3) is 3.68. The van der Waals surface area contributed by atoms with Crippen LogP contribution >= 0.6 is 23.2 Å². The van der Waals surface area contributed by atoms with Crippen LogP contribution in [-0.4, -0.2) is 15.7 Å². The molecule has 1 heterocycles. The van der Waals surface area contributed by atoms with Crippen LogP contribution in [0.2, 0.25) is 10.0 Å². The lowest BCUT2D eigenvalue weighted by atomic mass is 10.1. The van der Waals surface area contributed by atoms with E-state index in [1.807, 2.05) is 6.07 Å². The summed E-state index contributed by atoms with van der Waals surface area (Å²) < 4.78 is 44.2. The Morgan fingerprint density at radius 1 is 1.22 bits per heavy atom. The van der Waals surface area contributed by atoms with E-state index in [9.17, 15) is 13.2 Å². The molecule has 0 fully saturated rings. The topological polar surface area (TPSA) is 74.7 Å². The van der Waals surface area contributed by atoms with Crippen molar-refractivity contribution < 1.29 is 17.6 Å². The third-order valence-corrected chi connectivity index (χ3v) is 3.44. The summed E-state index contributed by atoms with van der Waals surface area (Å²) in [5.74, 6) is -0.228. The maximum atomic E-state index is 13.0. The smallest absolute Gasteiger partial charge is 0.403 e. The van der Waals surface area contributed by atoms with Crippen LogP contribution in [-0.2, 0) is 6.18 Å². The van der Waals surface area contributed by atoms with Crippen molar-refractivity contribution >= 4 is 29.2 Å². The van der Waals surface area contributed by atoms with Crippen LogP contribution in [0, 0.1) is 11.3 Å². The molecule has 0 spiro atoms. The van der Waals surface area contributed by atoms with Crippen molar-refractivity contribution in [1.29, 1.82) is 5.26 Å². The maximum Gasteiger partial charge on any atom is 0.419 e. The molecular formula is C13H9Cl2F3N4O. The minimum atomic E-state index is -4.73. The minimum Gasteiger partial charge on any atom is -0.403 e. The Balaban J connectivity index is 2.45. The van der Waals surface area contributed by atoms with Crippen LogP contribution in [0.1, 0.15) is 19.4 Å². The molecule has 1 aromatic heterocycles. The first-order chi connectivity index (χ1) is 10.5. The van der Waals surface area contributed by atoms with Crippen molar-refractivity contribution in [2.45, 2.75) is 25.6 Å². The Morgan fingerprint density at radius 3 is 2.43 bits per heavy atom. The first kappa shape index (κ1) is 17.4. The number of alkyl halides is 3. The fourth-order valence-electron chi connectivity index (χ4n) is 1.66. The molecule has 2 rings (SSSR count). The number of hydrogen-bond acceptors (Lipinski definition) is 5. The van der Waals surface area contributed by atoms with Gasteiger partial charge in [-0.2, -0.15) is 18.4 Å². The number of nitriles is 1. The van der Waals surface area contributed by atoms with Crippen molar-refractivity contribution in [3.8, 4) is 17.5 Å². The number of nitrogens with zero attached hydrogens (tertiary/aromatic N) is 3. The molecule has 2 aromatic rings. The molecule has 0 bridgehead atoms. The van der Waals surface area contributed by atoms with Gasteiger partial charge in [-0.3, -0.25) is 0 Å². The average Bonchev–Trinajstić information content (AvgIpc) is 2.84. The zero-order valence-corrected chi connectivity index (χ0v) is 13.3. The molecule has 0 aliphatic heterocycles. The fourth-order valence-corrected chi connectivity index (χ4v) is 2.32. The summed E-state index contributed by atoms with van der Waals surface area (Å²) in [7, 11) is 0. The van der Waals surface area contributed by atoms with Crippen LogP contribution < -0.4 is 5.32 Å². The highest BCUT2D eigenvalue weighted by molar-refractivity contribution is 6.37. The van der Waals surface area contributed by atoms with E-state index in [4.69, 9.17) is 32.9 Å². The second-order valence-corrected chi connectivity index (χ2v) is 5.84. The zero-order valence-electron chi connectivity index (χ0n) is 11.8. The molecule has 5 nitrogen and oxygen atoms in total. The molecule has 0 unspecified atom stereocenters. The Hall–Kier alpha value is -1.98. The van der Waals surface area contributed by atoms with Crippen LogP contribution in [0.25, 0.3) is 11.5 Å². The lowest BCUT2D eigenvalue weighted by Gasteiger charge is -2.14. The van der Waals surface area contributed by atoms with Crippen LogP contribution in [0.15, 0.2) is 16.5 Å². The lowest BCUT2D eigenvalue weighted by molar-refractivity contribution is -0.137. The van der Waals surface area contributed by atoms with Gasteiger partial charge in [0.25, 0.3) is 5.89 Å². The highest BCUT2D eigenvalue weighted by Gasteiger charge is 2.37. The predicted octanol–water partition coefficient (Wildman–Crippen LogP) is 4.78. The number of benzene rings is 1. The van der Waals surface area contributed by atoms with E-state index in [0.29, 0.717) is 0 Å². The molecule has 23 heavy (non-hydrogen) atoms. The summed E-state index contributed by atoms with van der Waals surface area (Å²) in [5.41, 5.74) is -2.29. The first-order valence-electron chi connectivity index (χ1n) is 6.13. The second kappa shape index (κ2) is 5.91. The van der Waals surface area contributed by atoms with Crippen molar-refractivity contribution in [2.75, 3.05) is 5.32 Å². The van der Waals surface area contributed by atoms with Crippen molar-refractivity contribution in [1.82, 2.24) is 10.2 Å². The van der Waals surface area contributed by atoms with Gasteiger partial charge < -0.3 is 9.73 Å². The van der Waals surface area contributed by atoms with Gasteiger partial charge in [0.15, 0.2) is 0 Å². The van der Waals surface area contributed by atoms with Crippen molar-refractivity contribution in [3.05, 3.63) is 27.7 Å². The molecule has 0 aliphatic carbocycles.